The van der Waals surface area contributed by atoms with Crippen LogP contribution in [0.3, 0.4) is 0 Å². The van der Waals surface area contributed by atoms with Gasteiger partial charge in [0.15, 0.2) is 11.6 Å². The normalized spacial score (nSPS) is 28.1. The maximum Gasteiger partial charge on any atom is 0.166 e. The molecule has 0 unspecified atom stereocenters. The van der Waals surface area contributed by atoms with Gasteiger partial charge < -0.3 is 11.1 Å². The first-order valence-electron chi connectivity index (χ1n) is 6.34. The zero-order chi connectivity index (χ0) is 13.2. The predicted molar refractivity (Wildman–Crippen MR) is 74.9 cm³/mol. The van der Waals surface area contributed by atoms with Crippen molar-refractivity contribution >= 4 is 21.7 Å². The van der Waals surface area contributed by atoms with E-state index in [1.807, 2.05) is 0 Å². The average molecular weight is 316 g/mol. The first-order valence-corrected chi connectivity index (χ1v) is 7.13. The predicted octanol–water partition coefficient (Wildman–Crippen LogP) is 3.30. The highest BCUT2D eigenvalue weighted by molar-refractivity contribution is 9.10. The number of nitrogens with two attached hydrogens (primary N) is 1. The molecular weight excluding hydrogens is 297 g/mol. The van der Waals surface area contributed by atoms with Crippen LogP contribution in [0, 0.1) is 11.7 Å². The number of hydrogen-bond acceptors (Lipinski definition) is 3. The molecule has 1 aromatic rings. The Morgan fingerprint density at radius 1 is 1.56 bits per heavy atom. The molecule has 0 aliphatic heterocycles. The minimum Gasteiger partial charge on any atom is -0.361 e. The van der Waals surface area contributed by atoms with Crippen molar-refractivity contribution in [1.82, 2.24) is 4.98 Å². The van der Waals surface area contributed by atoms with Gasteiger partial charge in [-0.3, -0.25) is 0 Å². The van der Waals surface area contributed by atoms with Crippen molar-refractivity contribution in [3.05, 3.63) is 22.6 Å². The summed E-state index contributed by atoms with van der Waals surface area (Å²) in [5.41, 5.74) is 5.69. The van der Waals surface area contributed by atoms with E-state index in [1.165, 1.54) is 6.07 Å². The van der Waals surface area contributed by atoms with E-state index < -0.39 is 0 Å². The van der Waals surface area contributed by atoms with E-state index >= 15 is 0 Å². The van der Waals surface area contributed by atoms with E-state index in [4.69, 9.17) is 5.73 Å². The van der Waals surface area contributed by atoms with Gasteiger partial charge in [-0.1, -0.05) is 6.92 Å². The Morgan fingerprint density at radius 3 is 2.78 bits per heavy atom. The van der Waals surface area contributed by atoms with Crippen LogP contribution < -0.4 is 11.1 Å². The minimum atomic E-state index is -0.337. The van der Waals surface area contributed by atoms with Gasteiger partial charge in [0.1, 0.15) is 0 Å². The smallest absolute Gasteiger partial charge is 0.166 e. The zero-order valence-corrected chi connectivity index (χ0v) is 12.1. The summed E-state index contributed by atoms with van der Waals surface area (Å²) < 4.78 is 14.4. The summed E-state index contributed by atoms with van der Waals surface area (Å²) in [5.74, 6) is 0.697. The highest BCUT2D eigenvalue weighted by Crippen LogP contribution is 2.34. The number of anilines is 1. The Kier molecular flexibility index (Phi) is 4.22. The van der Waals surface area contributed by atoms with E-state index in [0.29, 0.717) is 16.8 Å². The van der Waals surface area contributed by atoms with Crippen LogP contribution in [-0.4, -0.2) is 17.1 Å². The van der Waals surface area contributed by atoms with Crippen LogP contribution in [0.2, 0.25) is 0 Å². The fourth-order valence-electron chi connectivity index (χ4n) is 2.45. The van der Waals surface area contributed by atoms with E-state index in [2.05, 4.69) is 33.2 Å². The van der Waals surface area contributed by atoms with Crippen LogP contribution in [-0.2, 0) is 0 Å². The van der Waals surface area contributed by atoms with E-state index in [1.54, 1.807) is 6.20 Å². The summed E-state index contributed by atoms with van der Waals surface area (Å²) in [7, 11) is 0. The molecule has 5 heteroatoms. The summed E-state index contributed by atoms with van der Waals surface area (Å²) in [6.07, 6.45) is 5.80. The van der Waals surface area contributed by atoms with Gasteiger partial charge in [-0.25, -0.2) is 9.37 Å². The molecule has 3 nitrogen and oxygen atoms in total. The van der Waals surface area contributed by atoms with Gasteiger partial charge >= 0.3 is 0 Å². The topological polar surface area (TPSA) is 50.9 Å². The third kappa shape index (κ3) is 3.01. The standard InChI is InChI=1S/C13H19BrFN3/c1-9-2-4-13(8-16,5-3-9)18-12-11(15)6-10(14)7-17-12/h6-7,9H,2-5,8,16H2,1H3,(H,17,18). The van der Waals surface area contributed by atoms with Crippen LogP contribution in [0.5, 0.6) is 0 Å². The molecule has 0 aromatic carbocycles. The maximum absolute atomic E-state index is 13.8. The number of pyridine rings is 1. The van der Waals surface area contributed by atoms with E-state index in [-0.39, 0.29) is 11.4 Å². The Labute approximate surface area is 115 Å². The lowest BCUT2D eigenvalue weighted by Crippen LogP contribution is -2.48. The number of hydrogen-bond donors (Lipinski definition) is 2. The molecule has 0 bridgehead atoms. The average Bonchev–Trinajstić information content (AvgIpc) is 2.36. The number of rotatable bonds is 3. The molecule has 0 atom stereocenters. The Hall–Kier alpha value is -0.680. The van der Waals surface area contributed by atoms with Crippen LogP contribution >= 0.6 is 15.9 Å². The molecule has 2 rings (SSSR count). The molecule has 3 N–H and O–H groups in total. The molecule has 1 fully saturated rings. The maximum atomic E-state index is 13.8. The molecule has 1 saturated carbocycles. The van der Waals surface area contributed by atoms with E-state index in [0.717, 1.165) is 31.6 Å². The lowest BCUT2D eigenvalue weighted by atomic mass is 9.77. The van der Waals surface area contributed by atoms with Gasteiger partial charge in [-0.05, 0) is 53.6 Å². The van der Waals surface area contributed by atoms with Crippen molar-refractivity contribution in [3.8, 4) is 0 Å². The Bertz CT molecular complexity index is 417. The minimum absolute atomic E-state index is 0.200. The van der Waals surface area contributed by atoms with Crippen molar-refractivity contribution in [2.75, 3.05) is 11.9 Å². The number of nitrogens with zero attached hydrogens (tertiary/aromatic N) is 1. The molecule has 1 aliphatic rings. The second-order valence-electron chi connectivity index (χ2n) is 5.28. The summed E-state index contributed by atoms with van der Waals surface area (Å²) in [4.78, 5) is 4.10. The van der Waals surface area contributed by atoms with Gasteiger partial charge in [-0.15, -0.1) is 0 Å². The first kappa shape index (κ1) is 13.7. The monoisotopic (exact) mass is 315 g/mol. The van der Waals surface area contributed by atoms with Crippen molar-refractivity contribution in [2.45, 2.75) is 38.1 Å². The molecule has 0 spiro atoms. The summed E-state index contributed by atoms with van der Waals surface area (Å²) in [6.45, 7) is 2.76. The van der Waals surface area contributed by atoms with Crippen LogP contribution in [0.25, 0.3) is 0 Å². The Balaban J connectivity index is 2.15. The van der Waals surface area contributed by atoms with Crippen molar-refractivity contribution in [1.29, 1.82) is 0 Å². The molecule has 0 amide bonds. The number of aromatic nitrogens is 1. The lowest BCUT2D eigenvalue weighted by Gasteiger charge is -2.39. The quantitative estimate of drug-likeness (QED) is 0.899. The number of nitrogens with one attached hydrogen (secondary N) is 1. The van der Waals surface area contributed by atoms with Crippen molar-refractivity contribution in [2.24, 2.45) is 11.7 Å². The van der Waals surface area contributed by atoms with Crippen molar-refractivity contribution in [3.63, 3.8) is 0 Å². The number of halogens is 2. The molecule has 18 heavy (non-hydrogen) atoms. The van der Waals surface area contributed by atoms with Crippen molar-refractivity contribution < 1.29 is 4.39 Å². The van der Waals surface area contributed by atoms with Crippen LogP contribution in [0.15, 0.2) is 16.7 Å². The zero-order valence-electron chi connectivity index (χ0n) is 10.5. The molecule has 1 aromatic heterocycles. The third-order valence-electron chi connectivity index (χ3n) is 3.81. The second kappa shape index (κ2) is 5.53. The fourth-order valence-corrected chi connectivity index (χ4v) is 2.76. The van der Waals surface area contributed by atoms with Gasteiger partial charge in [0.2, 0.25) is 0 Å². The summed E-state index contributed by atoms with van der Waals surface area (Å²) in [6, 6.07) is 1.42. The van der Waals surface area contributed by atoms with Gasteiger partial charge in [0, 0.05) is 17.2 Å². The highest BCUT2D eigenvalue weighted by atomic mass is 79.9. The lowest BCUT2D eigenvalue weighted by molar-refractivity contribution is 0.270. The van der Waals surface area contributed by atoms with Gasteiger partial charge in [-0.2, -0.15) is 0 Å². The highest BCUT2D eigenvalue weighted by Gasteiger charge is 2.33. The molecule has 0 saturated heterocycles. The molecular formula is C13H19BrFN3. The summed E-state index contributed by atoms with van der Waals surface area (Å²) >= 11 is 3.20. The molecule has 0 radical (unpaired) electrons. The Morgan fingerprint density at radius 2 is 2.22 bits per heavy atom. The third-order valence-corrected chi connectivity index (χ3v) is 4.25. The molecule has 1 aliphatic carbocycles. The first-order chi connectivity index (χ1) is 8.54. The van der Waals surface area contributed by atoms with Crippen LogP contribution in [0.1, 0.15) is 32.6 Å². The molecule has 100 valence electrons. The van der Waals surface area contributed by atoms with E-state index in [9.17, 15) is 4.39 Å². The van der Waals surface area contributed by atoms with Gasteiger partial charge in [0.05, 0.1) is 5.54 Å². The largest absolute Gasteiger partial charge is 0.361 e. The fraction of sp³-hybridized carbons (Fsp3) is 0.615. The second-order valence-corrected chi connectivity index (χ2v) is 6.19. The van der Waals surface area contributed by atoms with Crippen LogP contribution in [0.4, 0.5) is 10.2 Å². The summed E-state index contributed by atoms with van der Waals surface area (Å²) in [5, 5.41) is 3.23. The molecule has 1 heterocycles. The van der Waals surface area contributed by atoms with Gasteiger partial charge in [0.25, 0.3) is 0 Å². The SMILES string of the molecule is CC1CCC(CN)(Nc2ncc(Br)cc2F)CC1.